The molecule has 1 saturated heterocycles. The molecule has 154 valence electrons. The number of allylic oxidation sites excluding steroid dienone is 6. The van der Waals surface area contributed by atoms with Crippen molar-refractivity contribution < 1.29 is 19.4 Å². The van der Waals surface area contributed by atoms with Crippen LogP contribution in [0.25, 0.3) is 0 Å². The molecule has 0 saturated carbocycles. The lowest BCUT2D eigenvalue weighted by Gasteiger charge is -2.26. The second-order valence-corrected chi connectivity index (χ2v) is 7.14. The van der Waals surface area contributed by atoms with Crippen LogP contribution in [0.2, 0.25) is 0 Å². The molecule has 1 heterocycles. The second-order valence-electron chi connectivity index (χ2n) is 7.14. The first kappa shape index (κ1) is 23.6. The number of hydrogen-bond acceptors (Lipinski definition) is 3. The number of rotatable bonds is 15. The molecule has 1 N–H and O–H groups in total. The summed E-state index contributed by atoms with van der Waals surface area (Å²) < 4.78 is 11.3. The molecule has 1 rings (SSSR count). The molecule has 0 bridgehead atoms. The first-order chi connectivity index (χ1) is 13.2. The molecular weight excluding hydrogens is 340 g/mol. The highest BCUT2D eigenvalue weighted by Crippen LogP contribution is 2.21. The van der Waals surface area contributed by atoms with Gasteiger partial charge in [0, 0.05) is 12.8 Å². The molecule has 0 aliphatic carbocycles. The van der Waals surface area contributed by atoms with Gasteiger partial charge in [-0.1, -0.05) is 56.2 Å². The Morgan fingerprint density at radius 3 is 2.44 bits per heavy atom. The van der Waals surface area contributed by atoms with Gasteiger partial charge in [-0.05, 0) is 50.9 Å². The van der Waals surface area contributed by atoms with Gasteiger partial charge in [-0.2, -0.15) is 0 Å². The van der Waals surface area contributed by atoms with Crippen LogP contribution < -0.4 is 0 Å². The molecule has 0 amide bonds. The molecule has 0 aromatic rings. The van der Waals surface area contributed by atoms with Gasteiger partial charge in [-0.25, -0.2) is 0 Å². The van der Waals surface area contributed by atoms with Gasteiger partial charge < -0.3 is 14.6 Å². The molecule has 0 spiro atoms. The van der Waals surface area contributed by atoms with E-state index >= 15 is 0 Å². The molecule has 1 atom stereocenters. The summed E-state index contributed by atoms with van der Waals surface area (Å²) in [4.78, 5) is 10.7. The number of carbonyl (C=O) groups is 1. The summed E-state index contributed by atoms with van der Waals surface area (Å²) in [7, 11) is 0. The van der Waals surface area contributed by atoms with E-state index in [1.807, 2.05) is 0 Å². The van der Waals surface area contributed by atoms with Crippen molar-refractivity contribution in [3.8, 4) is 0 Å². The van der Waals surface area contributed by atoms with Crippen LogP contribution in [-0.4, -0.2) is 30.6 Å². The maximum absolute atomic E-state index is 10.7. The van der Waals surface area contributed by atoms with Gasteiger partial charge in [-0.15, -0.1) is 0 Å². The number of ether oxygens (including phenoxy) is 2. The summed E-state index contributed by atoms with van der Waals surface area (Å²) in [5.41, 5.74) is 0. The Balaban J connectivity index is 2.27. The topological polar surface area (TPSA) is 55.8 Å². The van der Waals surface area contributed by atoms with Crippen molar-refractivity contribution in [1.82, 2.24) is 0 Å². The molecule has 4 nitrogen and oxygen atoms in total. The standard InChI is InChI=1S/C23H38O4/c1-2-3-4-5-6-7-8-9-10-11-12-15-21(16-13-17-22(24)25)20-23-26-18-14-19-27-23/h6-7,9-10,12,15,21,23H,2-5,8,11,13-14,16-20H2,1H3,(H,24,25)/b7-6-,10-9-,15-12-. The maximum Gasteiger partial charge on any atom is 0.303 e. The summed E-state index contributed by atoms with van der Waals surface area (Å²) in [5.74, 6) is -0.423. The van der Waals surface area contributed by atoms with Gasteiger partial charge in [0.2, 0.25) is 0 Å². The van der Waals surface area contributed by atoms with Gasteiger partial charge in [0.05, 0.1) is 13.2 Å². The predicted octanol–water partition coefficient (Wildman–Crippen LogP) is 6.04. The van der Waals surface area contributed by atoms with Crippen LogP contribution in [0.5, 0.6) is 0 Å². The van der Waals surface area contributed by atoms with Gasteiger partial charge in [-0.3, -0.25) is 4.79 Å². The highest BCUT2D eigenvalue weighted by atomic mass is 16.7. The van der Waals surface area contributed by atoms with Crippen molar-refractivity contribution in [2.45, 2.75) is 83.8 Å². The highest BCUT2D eigenvalue weighted by Gasteiger charge is 2.18. The Morgan fingerprint density at radius 2 is 1.74 bits per heavy atom. The molecule has 0 aromatic carbocycles. The normalized spacial score (nSPS) is 17.4. The summed E-state index contributed by atoms with van der Waals surface area (Å²) in [5, 5.41) is 8.84. The zero-order valence-electron chi connectivity index (χ0n) is 17.0. The van der Waals surface area contributed by atoms with Crippen molar-refractivity contribution in [2.24, 2.45) is 5.92 Å². The van der Waals surface area contributed by atoms with Crippen molar-refractivity contribution in [2.75, 3.05) is 13.2 Å². The average Bonchev–Trinajstić information content (AvgIpc) is 2.66. The minimum atomic E-state index is -0.728. The molecule has 1 aliphatic heterocycles. The van der Waals surface area contributed by atoms with Crippen molar-refractivity contribution in [3.63, 3.8) is 0 Å². The van der Waals surface area contributed by atoms with Crippen LogP contribution in [0.1, 0.15) is 77.6 Å². The van der Waals surface area contributed by atoms with Crippen LogP contribution in [0.15, 0.2) is 36.5 Å². The number of carboxylic acid groups (broad SMARTS) is 1. The lowest BCUT2D eigenvalue weighted by atomic mass is 9.97. The Morgan fingerprint density at radius 1 is 1.04 bits per heavy atom. The van der Waals surface area contributed by atoms with Crippen molar-refractivity contribution in [1.29, 1.82) is 0 Å². The SMILES string of the molecule is CCCCC/C=C\C/C=C\C/C=C\C(CCCC(=O)O)CC1OCCCO1. The maximum atomic E-state index is 10.7. The smallest absolute Gasteiger partial charge is 0.303 e. The van der Waals surface area contributed by atoms with E-state index in [2.05, 4.69) is 43.4 Å². The zero-order chi connectivity index (χ0) is 19.6. The van der Waals surface area contributed by atoms with Crippen LogP contribution in [0.4, 0.5) is 0 Å². The van der Waals surface area contributed by atoms with Crippen LogP contribution >= 0.6 is 0 Å². The third kappa shape index (κ3) is 14.3. The van der Waals surface area contributed by atoms with E-state index in [1.165, 1.54) is 25.7 Å². The molecule has 1 aliphatic rings. The quantitative estimate of drug-likeness (QED) is 0.279. The summed E-state index contributed by atoms with van der Waals surface area (Å²) in [6.07, 6.45) is 23.6. The third-order valence-electron chi connectivity index (χ3n) is 4.62. The van der Waals surface area contributed by atoms with E-state index < -0.39 is 5.97 Å². The van der Waals surface area contributed by atoms with E-state index in [9.17, 15) is 4.79 Å². The molecule has 1 fully saturated rings. The zero-order valence-corrected chi connectivity index (χ0v) is 17.0. The lowest BCUT2D eigenvalue weighted by molar-refractivity contribution is -0.185. The fourth-order valence-corrected chi connectivity index (χ4v) is 3.07. The Kier molecular flexibility index (Phi) is 14.7. The largest absolute Gasteiger partial charge is 0.481 e. The fourth-order valence-electron chi connectivity index (χ4n) is 3.07. The number of unbranched alkanes of at least 4 members (excludes halogenated alkanes) is 3. The van der Waals surface area contributed by atoms with Crippen LogP contribution in [0, 0.1) is 5.92 Å². The van der Waals surface area contributed by atoms with Crippen molar-refractivity contribution >= 4 is 5.97 Å². The predicted molar refractivity (Wildman–Crippen MR) is 111 cm³/mol. The lowest BCUT2D eigenvalue weighted by Crippen LogP contribution is -2.26. The van der Waals surface area contributed by atoms with Gasteiger partial charge in [0.25, 0.3) is 0 Å². The second kappa shape index (κ2) is 16.8. The van der Waals surface area contributed by atoms with E-state index in [0.29, 0.717) is 12.3 Å². The fraction of sp³-hybridized carbons (Fsp3) is 0.696. The molecule has 0 aromatic heterocycles. The average molecular weight is 379 g/mol. The van der Waals surface area contributed by atoms with E-state index in [0.717, 1.165) is 45.3 Å². The number of aliphatic carboxylic acids is 1. The molecular formula is C23H38O4. The van der Waals surface area contributed by atoms with E-state index in [-0.39, 0.29) is 12.7 Å². The molecule has 27 heavy (non-hydrogen) atoms. The van der Waals surface area contributed by atoms with Gasteiger partial charge in [0.15, 0.2) is 6.29 Å². The van der Waals surface area contributed by atoms with Crippen LogP contribution in [0.3, 0.4) is 0 Å². The number of hydrogen-bond donors (Lipinski definition) is 1. The summed E-state index contributed by atoms with van der Waals surface area (Å²) in [6, 6.07) is 0. The first-order valence-corrected chi connectivity index (χ1v) is 10.6. The molecule has 1 unspecified atom stereocenters. The first-order valence-electron chi connectivity index (χ1n) is 10.6. The Labute approximate surface area is 165 Å². The minimum Gasteiger partial charge on any atom is -0.481 e. The summed E-state index contributed by atoms with van der Waals surface area (Å²) in [6.45, 7) is 3.74. The van der Waals surface area contributed by atoms with E-state index in [4.69, 9.17) is 14.6 Å². The van der Waals surface area contributed by atoms with Crippen LogP contribution in [-0.2, 0) is 14.3 Å². The van der Waals surface area contributed by atoms with Gasteiger partial charge >= 0.3 is 5.97 Å². The van der Waals surface area contributed by atoms with Gasteiger partial charge in [0.1, 0.15) is 0 Å². The Bertz CT molecular complexity index is 447. The Hall–Kier alpha value is -1.39. The summed E-state index contributed by atoms with van der Waals surface area (Å²) >= 11 is 0. The van der Waals surface area contributed by atoms with Crippen molar-refractivity contribution in [3.05, 3.63) is 36.5 Å². The highest BCUT2D eigenvalue weighted by molar-refractivity contribution is 5.66. The molecule has 0 radical (unpaired) electrons. The third-order valence-corrected chi connectivity index (χ3v) is 4.62. The minimum absolute atomic E-state index is 0.147. The monoisotopic (exact) mass is 378 g/mol. The number of carboxylic acids is 1. The van der Waals surface area contributed by atoms with E-state index in [1.54, 1.807) is 0 Å². The molecule has 4 heteroatoms.